The van der Waals surface area contributed by atoms with Crippen LogP contribution in [0.2, 0.25) is 0 Å². The van der Waals surface area contributed by atoms with Gasteiger partial charge in [-0.2, -0.15) is 4.90 Å². The van der Waals surface area contributed by atoms with E-state index < -0.39 is 0 Å². The average Bonchev–Trinajstić information content (AvgIpc) is 3.23. The Bertz CT molecular complexity index is 848. The number of ether oxygens (including phenoxy) is 2. The maximum Gasteiger partial charge on any atom is 0.358 e. The molecule has 2 N–H and O–H groups in total. The van der Waals surface area contributed by atoms with Gasteiger partial charge in [-0.05, 0) is 35.7 Å². The van der Waals surface area contributed by atoms with Crippen molar-refractivity contribution in [1.29, 1.82) is 0 Å². The van der Waals surface area contributed by atoms with Gasteiger partial charge in [-0.25, -0.2) is 5.32 Å². The van der Waals surface area contributed by atoms with Crippen LogP contribution in [-0.2, 0) is 17.8 Å². The third-order valence-electron chi connectivity index (χ3n) is 4.41. The van der Waals surface area contributed by atoms with Crippen LogP contribution in [0.25, 0.3) is 0 Å². The highest BCUT2D eigenvalue weighted by molar-refractivity contribution is 6.04. The summed E-state index contributed by atoms with van der Waals surface area (Å²) < 4.78 is 10.8. The fourth-order valence-corrected chi connectivity index (χ4v) is 3.05. The van der Waals surface area contributed by atoms with E-state index in [1.807, 2.05) is 36.4 Å². The lowest BCUT2D eigenvalue weighted by Gasteiger charge is -2.14. The van der Waals surface area contributed by atoms with Crippen LogP contribution in [-0.4, -0.2) is 30.1 Å². The lowest BCUT2D eigenvalue weighted by atomic mass is 10.1. The Morgan fingerprint density at radius 3 is 2.88 bits per heavy atom. The van der Waals surface area contributed by atoms with Gasteiger partial charge in [0.05, 0.1) is 0 Å². The predicted octanol–water partition coefficient (Wildman–Crippen LogP) is 0.869. The molecule has 25 heavy (non-hydrogen) atoms. The number of hydrogen-bond acceptors (Lipinski definition) is 4. The summed E-state index contributed by atoms with van der Waals surface area (Å²) in [6.07, 6.45) is 0.923. The Morgan fingerprint density at radius 2 is 2.00 bits per heavy atom. The first kappa shape index (κ1) is 15.5. The lowest BCUT2D eigenvalue weighted by Crippen LogP contribution is -2.72. The molecule has 0 unspecified atom stereocenters. The van der Waals surface area contributed by atoms with Crippen molar-refractivity contribution < 1.29 is 19.3 Å². The van der Waals surface area contributed by atoms with E-state index in [4.69, 9.17) is 9.47 Å². The summed E-state index contributed by atoms with van der Waals surface area (Å²) in [5, 5.41) is 3.37. The van der Waals surface area contributed by atoms with E-state index in [0.717, 1.165) is 29.2 Å². The largest absolute Gasteiger partial charge is 0.454 e. The van der Waals surface area contributed by atoms with Crippen molar-refractivity contribution >= 4 is 17.6 Å². The minimum absolute atomic E-state index is 0.0362. The fraction of sp³-hybridized carbons (Fsp3) is 0.263. The summed E-state index contributed by atoms with van der Waals surface area (Å²) in [4.78, 5) is 17.2. The van der Waals surface area contributed by atoms with Gasteiger partial charge in [-0.15, -0.1) is 0 Å². The monoisotopic (exact) mass is 338 g/mol. The third kappa shape index (κ3) is 3.03. The number of carbonyl (C=O) groups is 1. The molecule has 4 rings (SSSR count). The second-order valence-corrected chi connectivity index (χ2v) is 6.01. The molecule has 1 amide bonds. The zero-order chi connectivity index (χ0) is 17.2. The Kier molecular flexibility index (Phi) is 4.01. The molecule has 0 aliphatic carbocycles. The van der Waals surface area contributed by atoms with Crippen LogP contribution in [0.1, 0.15) is 18.1 Å². The molecule has 0 saturated heterocycles. The van der Waals surface area contributed by atoms with Crippen molar-refractivity contribution in [1.82, 2.24) is 4.90 Å². The number of amides is 1. The van der Waals surface area contributed by atoms with Crippen LogP contribution < -0.4 is 19.8 Å². The number of anilines is 1. The van der Waals surface area contributed by atoms with E-state index in [9.17, 15) is 4.79 Å². The molecule has 0 radical (unpaired) electrons. The first-order valence-electron chi connectivity index (χ1n) is 8.39. The number of carbonyl (C=O) groups excluding carboxylic acids is 1. The predicted molar refractivity (Wildman–Crippen MR) is 93.4 cm³/mol. The molecular weight excluding hydrogens is 318 g/mol. The second kappa shape index (κ2) is 6.47. The molecular formula is C19H20N3O3+. The zero-order valence-electron chi connectivity index (χ0n) is 14.0. The van der Waals surface area contributed by atoms with Crippen LogP contribution >= 0.6 is 0 Å². The van der Waals surface area contributed by atoms with Gasteiger partial charge < -0.3 is 9.47 Å². The van der Waals surface area contributed by atoms with Gasteiger partial charge in [0.25, 0.3) is 0 Å². The van der Waals surface area contributed by atoms with Crippen LogP contribution in [0.5, 0.6) is 11.5 Å². The summed E-state index contributed by atoms with van der Waals surface area (Å²) in [6, 6.07) is 13.9. The number of benzene rings is 2. The number of rotatable bonds is 4. The van der Waals surface area contributed by atoms with Crippen LogP contribution in [0.3, 0.4) is 0 Å². The molecule has 0 fully saturated rings. The molecule has 0 saturated carbocycles. The van der Waals surface area contributed by atoms with Gasteiger partial charge in [-0.1, -0.05) is 31.2 Å². The zero-order valence-corrected chi connectivity index (χ0v) is 14.0. The second-order valence-electron chi connectivity index (χ2n) is 6.01. The standard InChI is InChI=1S/C19H19N3O3/c1-2-14-5-3-4-6-15(14)21-19-20-10-18(23)22(19)11-13-7-8-16-17(9-13)25-12-24-16/h3-9H,2,10-12H2,1H3,(H,20,21)/p+1. The molecule has 0 atom stereocenters. The summed E-state index contributed by atoms with van der Waals surface area (Å²) in [6.45, 7) is 3.12. The van der Waals surface area contributed by atoms with Crippen LogP contribution in [0, 0.1) is 0 Å². The Morgan fingerprint density at radius 1 is 1.16 bits per heavy atom. The molecule has 2 aliphatic heterocycles. The van der Waals surface area contributed by atoms with Gasteiger partial charge in [0, 0.05) is 0 Å². The minimum Gasteiger partial charge on any atom is -0.454 e. The van der Waals surface area contributed by atoms with Crippen LogP contribution in [0.15, 0.2) is 42.5 Å². The molecule has 2 aromatic carbocycles. The van der Waals surface area contributed by atoms with E-state index in [2.05, 4.69) is 23.3 Å². The van der Waals surface area contributed by atoms with Crippen molar-refractivity contribution in [3.63, 3.8) is 0 Å². The number of nitrogens with zero attached hydrogens (tertiary/aromatic N) is 1. The van der Waals surface area contributed by atoms with E-state index in [1.54, 1.807) is 4.90 Å². The molecule has 2 aliphatic rings. The maximum absolute atomic E-state index is 12.3. The van der Waals surface area contributed by atoms with Gasteiger partial charge >= 0.3 is 11.9 Å². The summed E-state index contributed by atoms with van der Waals surface area (Å²) in [5.41, 5.74) is 3.21. The topological polar surface area (TPSA) is 64.8 Å². The fourth-order valence-electron chi connectivity index (χ4n) is 3.05. The normalized spacial score (nSPS) is 15.5. The van der Waals surface area contributed by atoms with E-state index >= 15 is 0 Å². The van der Waals surface area contributed by atoms with Crippen molar-refractivity contribution in [3.8, 4) is 11.5 Å². The van der Waals surface area contributed by atoms with Crippen molar-refractivity contribution in [2.45, 2.75) is 19.9 Å². The number of hydrogen-bond donors (Lipinski definition) is 2. The van der Waals surface area contributed by atoms with E-state index in [1.165, 1.54) is 5.56 Å². The number of nitrogens with one attached hydrogen (secondary N) is 2. The number of fused-ring (bicyclic) bond motifs is 1. The van der Waals surface area contributed by atoms with Crippen molar-refractivity contribution in [2.75, 3.05) is 18.7 Å². The smallest absolute Gasteiger partial charge is 0.358 e. The average molecular weight is 338 g/mol. The number of guanidine groups is 1. The molecule has 128 valence electrons. The van der Waals surface area contributed by atoms with Crippen molar-refractivity contribution in [2.24, 2.45) is 0 Å². The van der Waals surface area contributed by atoms with Crippen LogP contribution in [0.4, 0.5) is 5.69 Å². The lowest BCUT2D eigenvalue weighted by molar-refractivity contribution is -0.438. The molecule has 2 heterocycles. The molecule has 0 aromatic heterocycles. The number of para-hydroxylation sites is 1. The highest BCUT2D eigenvalue weighted by atomic mass is 16.7. The quantitative estimate of drug-likeness (QED) is 0.868. The first-order valence-corrected chi connectivity index (χ1v) is 8.39. The Labute approximate surface area is 146 Å². The van der Waals surface area contributed by atoms with Gasteiger partial charge in [0.1, 0.15) is 12.2 Å². The Balaban J connectivity index is 1.54. The highest BCUT2D eigenvalue weighted by Crippen LogP contribution is 2.32. The molecule has 6 heteroatoms. The van der Waals surface area contributed by atoms with Gasteiger partial charge in [0.15, 0.2) is 18.0 Å². The number of aryl methyl sites for hydroxylation is 1. The SMILES string of the molecule is CCc1ccccc1NC1=[NH+]CC(=O)N1Cc1ccc2c(c1)OCO2. The van der Waals surface area contributed by atoms with Crippen molar-refractivity contribution in [3.05, 3.63) is 53.6 Å². The minimum atomic E-state index is 0.0362. The molecule has 0 spiro atoms. The highest BCUT2D eigenvalue weighted by Gasteiger charge is 2.33. The first-order chi connectivity index (χ1) is 12.2. The van der Waals surface area contributed by atoms with E-state index in [0.29, 0.717) is 19.0 Å². The van der Waals surface area contributed by atoms with Gasteiger partial charge in [0.2, 0.25) is 6.79 Å². The molecule has 0 bridgehead atoms. The van der Waals surface area contributed by atoms with E-state index in [-0.39, 0.29) is 12.7 Å². The summed E-state index contributed by atoms with van der Waals surface area (Å²) >= 11 is 0. The molecule has 6 nitrogen and oxygen atoms in total. The van der Waals surface area contributed by atoms with Gasteiger partial charge in [-0.3, -0.25) is 9.79 Å². The summed E-state index contributed by atoms with van der Waals surface area (Å²) in [7, 11) is 0. The molecule has 2 aromatic rings. The Hall–Kier alpha value is -3.02. The third-order valence-corrected chi connectivity index (χ3v) is 4.41. The maximum atomic E-state index is 12.3. The summed E-state index contributed by atoms with van der Waals surface area (Å²) in [5.74, 6) is 2.22.